The fourth-order valence-electron chi connectivity index (χ4n) is 6.62. The third-order valence-corrected chi connectivity index (χ3v) is 9.07. The highest BCUT2D eigenvalue weighted by Gasteiger charge is 2.18. The van der Waals surface area contributed by atoms with E-state index in [-0.39, 0.29) is 0 Å². The van der Waals surface area contributed by atoms with E-state index in [4.69, 9.17) is 28.8 Å². The second-order valence-electron chi connectivity index (χ2n) is 12.1. The fourth-order valence-corrected chi connectivity index (χ4v) is 6.62. The van der Waals surface area contributed by atoms with Gasteiger partial charge in [0.05, 0.1) is 0 Å². The molecule has 7 nitrogen and oxygen atoms in total. The number of aromatic nitrogens is 5. The molecule has 0 unspecified atom stereocenters. The average Bonchev–Trinajstić information content (AvgIpc) is 3.77. The smallest absolute Gasteiger partial charge is 0.164 e. The second kappa shape index (κ2) is 11.3. The van der Waals surface area contributed by atoms with Crippen molar-refractivity contribution in [3.05, 3.63) is 152 Å². The predicted molar refractivity (Wildman–Crippen MR) is 197 cm³/mol. The average molecular weight is 644 g/mol. The van der Waals surface area contributed by atoms with Crippen molar-refractivity contribution in [3.63, 3.8) is 0 Å². The molecule has 10 aromatic rings. The third kappa shape index (κ3) is 4.64. The van der Waals surface area contributed by atoms with E-state index in [0.29, 0.717) is 17.5 Å². The van der Waals surface area contributed by atoms with Gasteiger partial charge in [0.15, 0.2) is 28.6 Å². The van der Waals surface area contributed by atoms with E-state index in [9.17, 15) is 0 Å². The van der Waals surface area contributed by atoms with Gasteiger partial charge in [-0.15, -0.1) is 0 Å². The number of hydrogen-bond donors (Lipinski definition) is 0. The Bertz CT molecular complexity index is 2800. The first-order chi connectivity index (χ1) is 24.8. The Morgan fingerprint density at radius 2 is 0.820 bits per heavy atom. The summed E-state index contributed by atoms with van der Waals surface area (Å²) in [7, 11) is 0. The normalized spacial score (nSPS) is 11.6. The first-order valence-electron chi connectivity index (χ1n) is 16.3. The van der Waals surface area contributed by atoms with E-state index in [1.165, 1.54) is 0 Å². The van der Waals surface area contributed by atoms with Crippen LogP contribution in [0.3, 0.4) is 0 Å². The summed E-state index contributed by atoms with van der Waals surface area (Å²) >= 11 is 0. The molecule has 5 aromatic heterocycles. The molecule has 0 saturated heterocycles. The highest BCUT2D eigenvalue weighted by molar-refractivity contribution is 6.09. The van der Waals surface area contributed by atoms with Crippen LogP contribution in [0.5, 0.6) is 0 Å². The molecule has 0 aliphatic heterocycles. The molecule has 234 valence electrons. The molecular formula is C43H25N5O2. The van der Waals surface area contributed by atoms with Gasteiger partial charge in [0.25, 0.3) is 0 Å². The van der Waals surface area contributed by atoms with E-state index >= 15 is 0 Å². The molecule has 0 aliphatic carbocycles. The van der Waals surface area contributed by atoms with Crippen LogP contribution in [0.2, 0.25) is 0 Å². The number of benzene rings is 5. The van der Waals surface area contributed by atoms with Crippen molar-refractivity contribution in [1.82, 2.24) is 24.9 Å². The zero-order chi connectivity index (χ0) is 33.0. The number of rotatable bonds is 5. The lowest BCUT2D eigenvalue weighted by molar-refractivity contribution is 0.668. The summed E-state index contributed by atoms with van der Waals surface area (Å²) in [6.45, 7) is 0. The van der Waals surface area contributed by atoms with Gasteiger partial charge in [-0.25, -0.2) is 15.0 Å². The number of nitrogens with zero attached hydrogens (tertiary/aromatic N) is 5. The molecule has 0 saturated carbocycles. The monoisotopic (exact) mass is 643 g/mol. The molecule has 7 heteroatoms. The number of pyridine rings is 2. The van der Waals surface area contributed by atoms with Gasteiger partial charge in [-0.1, -0.05) is 97.1 Å². The maximum absolute atomic E-state index is 6.48. The number of para-hydroxylation sites is 1. The second-order valence-corrected chi connectivity index (χ2v) is 12.1. The SMILES string of the molecule is c1ccc(-c2nc(-c3ccccc3)nc(-c3ccc4oc5c(-c6ccc(-c7ccnc8c7oc7ccccc78)cc6)ccnc5c4c3)n2)cc1. The van der Waals surface area contributed by atoms with Crippen molar-refractivity contribution in [2.24, 2.45) is 0 Å². The molecule has 0 aliphatic rings. The summed E-state index contributed by atoms with van der Waals surface area (Å²) in [4.78, 5) is 24.1. The number of furan rings is 2. The van der Waals surface area contributed by atoms with Crippen LogP contribution in [0.15, 0.2) is 161 Å². The molecule has 10 rings (SSSR count). The van der Waals surface area contributed by atoms with Gasteiger partial charge in [-0.05, 0) is 53.6 Å². The molecule has 0 radical (unpaired) electrons. The highest BCUT2D eigenvalue weighted by atomic mass is 16.3. The largest absolute Gasteiger partial charge is 0.454 e. The van der Waals surface area contributed by atoms with Crippen LogP contribution < -0.4 is 0 Å². The molecule has 0 spiro atoms. The lowest BCUT2D eigenvalue weighted by atomic mass is 10.00. The van der Waals surface area contributed by atoms with Gasteiger partial charge in [0.1, 0.15) is 22.2 Å². The Kier molecular flexibility index (Phi) is 6.35. The molecular weight excluding hydrogens is 619 g/mol. The molecule has 5 heterocycles. The standard InChI is InChI=1S/C43H25N5O2/c1-3-9-28(10-4-1)41-46-42(29-11-5-2-6-12-29)48-43(47-41)30-19-20-36-34(25-30)38-40(50-36)32(22-24-45-38)27-17-15-26(16-18-27)31-21-23-44-37-33-13-7-8-14-35(33)49-39(31)37/h1-25H. The van der Waals surface area contributed by atoms with E-state index in [1.54, 1.807) is 0 Å². The Morgan fingerprint density at radius 1 is 0.360 bits per heavy atom. The molecule has 0 amide bonds. The summed E-state index contributed by atoms with van der Waals surface area (Å²) in [5.74, 6) is 1.81. The Morgan fingerprint density at radius 3 is 1.40 bits per heavy atom. The topological polar surface area (TPSA) is 90.7 Å². The highest BCUT2D eigenvalue weighted by Crippen LogP contribution is 2.38. The summed E-state index contributed by atoms with van der Waals surface area (Å²) in [5.41, 5.74) is 11.4. The van der Waals surface area contributed by atoms with Gasteiger partial charge in [0, 0.05) is 51.0 Å². The summed E-state index contributed by atoms with van der Waals surface area (Å²) < 4.78 is 12.7. The molecule has 0 fully saturated rings. The van der Waals surface area contributed by atoms with Crippen molar-refractivity contribution in [1.29, 1.82) is 0 Å². The minimum absolute atomic E-state index is 0.579. The van der Waals surface area contributed by atoms with Crippen LogP contribution in [0, 0.1) is 0 Å². The summed E-state index contributed by atoms with van der Waals surface area (Å²) in [6, 6.07) is 46.4. The van der Waals surface area contributed by atoms with Crippen molar-refractivity contribution in [3.8, 4) is 56.4 Å². The van der Waals surface area contributed by atoms with Gasteiger partial charge < -0.3 is 8.83 Å². The third-order valence-electron chi connectivity index (χ3n) is 9.07. The quantitative estimate of drug-likeness (QED) is 0.184. The Hall–Kier alpha value is -6.99. The lowest BCUT2D eigenvalue weighted by Gasteiger charge is -2.08. The van der Waals surface area contributed by atoms with E-state index in [0.717, 1.165) is 83.1 Å². The summed E-state index contributed by atoms with van der Waals surface area (Å²) in [5, 5.41) is 1.90. The fraction of sp³-hybridized carbons (Fsp3) is 0. The zero-order valence-corrected chi connectivity index (χ0v) is 26.5. The van der Waals surface area contributed by atoms with Crippen LogP contribution in [-0.4, -0.2) is 24.9 Å². The zero-order valence-electron chi connectivity index (χ0n) is 26.5. The van der Waals surface area contributed by atoms with Gasteiger partial charge in [-0.2, -0.15) is 0 Å². The molecule has 50 heavy (non-hydrogen) atoms. The van der Waals surface area contributed by atoms with Crippen LogP contribution >= 0.6 is 0 Å². The van der Waals surface area contributed by atoms with Crippen molar-refractivity contribution >= 4 is 44.1 Å². The number of fused-ring (bicyclic) bond motifs is 6. The van der Waals surface area contributed by atoms with Crippen molar-refractivity contribution < 1.29 is 8.83 Å². The van der Waals surface area contributed by atoms with Crippen molar-refractivity contribution in [2.45, 2.75) is 0 Å². The van der Waals surface area contributed by atoms with Crippen LogP contribution in [-0.2, 0) is 0 Å². The first-order valence-corrected chi connectivity index (χ1v) is 16.3. The maximum atomic E-state index is 6.48. The van der Waals surface area contributed by atoms with Crippen LogP contribution in [0.1, 0.15) is 0 Å². The lowest BCUT2D eigenvalue weighted by Crippen LogP contribution is -2.00. The molecule has 0 atom stereocenters. The van der Waals surface area contributed by atoms with Crippen molar-refractivity contribution in [2.75, 3.05) is 0 Å². The van der Waals surface area contributed by atoms with E-state index in [2.05, 4.69) is 35.3 Å². The Labute approximate surface area is 285 Å². The first kappa shape index (κ1) is 28.1. The van der Waals surface area contributed by atoms with E-state index in [1.807, 2.05) is 122 Å². The van der Waals surface area contributed by atoms with Gasteiger partial charge >= 0.3 is 0 Å². The van der Waals surface area contributed by atoms with Gasteiger partial charge in [-0.3, -0.25) is 9.97 Å². The summed E-state index contributed by atoms with van der Waals surface area (Å²) in [6.07, 6.45) is 3.67. The van der Waals surface area contributed by atoms with Gasteiger partial charge in [0.2, 0.25) is 0 Å². The maximum Gasteiger partial charge on any atom is 0.164 e. The molecule has 5 aromatic carbocycles. The minimum atomic E-state index is 0.579. The van der Waals surface area contributed by atoms with E-state index < -0.39 is 0 Å². The number of hydrogen-bond acceptors (Lipinski definition) is 7. The molecule has 0 N–H and O–H groups in total. The predicted octanol–water partition coefficient (Wildman–Crippen LogP) is 10.8. The minimum Gasteiger partial charge on any atom is -0.454 e. The Balaban J connectivity index is 1.06. The van der Waals surface area contributed by atoms with Crippen LogP contribution in [0.25, 0.3) is 101 Å². The van der Waals surface area contributed by atoms with Crippen LogP contribution in [0.4, 0.5) is 0 Å². The molecule has 0 bridgehead atoms.